The number of hydrogen-bond donors (Lipinski definition) is 0. The number of nitrogens with zero attached hydrogens (tertiary/aromatic N) is 4. The van der Waals surface area contributed by atoms with Crippen molar-refractivity contribution >= 4 is 28.1 Å². The molecule has 0 amide bonds. The van der Waals surface area contributed by atoms with Crippen LogP contribution in [0.2, 0.25) is 0 Å². The Morgan fingerprint density at radius 2 is 0.933 bits per heavy atom. The average Bonchev–Trinajstić information content (AvgIpc) is 3.21. The number of aromatic nitrogens is 3. The minimum Gasteiger partial charge on any atom is -0.310 e. The summed E-state index contributed by atoms with van der Waals surface area (Å²) in [4.78, 5) is 3.52. The molecule has 5 rings (SSSR count). The number of hydrogen-bond acceptors (Lipinski definition) is 3. The van der Waals surface area contributed by atoms with E-state index >= 15 is 0 Å². The predicted molar refractivity (Wildman–Crippen MR) is 113 cm³/mol. The van der Waals surface area contributed by atoms with Gasteiger partial charge in [0.1, 0.15) is 22.7 Å². The largest absolute Gasteiger partial charge is 0.310 e. The summed E-state index contributed by atoms with van der Waals surface area (Å²) in [5.41, 5.74) is 4.82. The van der Waals surface area contributed by atoms with Crippen molar-refractivity contribution in [1.29, 1.82) is 0 Å². The van der Waals surface area contributed by atoms with E-state index in [4.69, 9.17) is 0 Å². The molecule has 1 heterocycles. The van der Waals surface area contributed by atoms with Gasteiger partial charge in [-0.25, -0.2) is 8.78 Å². The van der Waals surface area contributed by atoms with Crippen LogP contribution in [0.15, 0.2) is 97.1 Å². The fraction of sp³-hybridized carbons (Fsp3) is 0. The van der Waals surface area contributed by atoms with Gasteiger partial charge in [0.05, 0.1) is 5.69 Å². The van der Waals surface area contributed by atoms with Crippen molar-refractivity contribution < 1.29 is 8.78 Å². The third-order valence-electron chi connectivity index (χ3n) is 4.80. The first-order valence-electron chi connectivity index (χ1n) is 9.41. The molecule has 0 bridgehead atoms. The average molecular weight is 398 g/mol. The van der Waals surface area contributed by atoms with Crippen LogP contribution in [-0.2, 0) is 0 Å². The lowest BCUT2D eigenvalue weighted by Gasteiger charge is -2.25. The van der Waals surface area contributed by atoms with Crippen molar-refractivity contribution in [3.05, 3.63) is 109 Å². The van der Waals surface area contributed by atoms with Crippen LogP contribution in [0.5, 0.6) is 0 Å². The van der Waals surface area contributed by atoms with E-state index in [9.17, 15) is 8.78 Å². The van der Waals surface area contributed by atoms with E-state index in [1.165, 1.54) is 24.3 Å². The molecule has 0 saturated heterocycles. The van der Waals surface area contributed by atoms with E-state index in [2.05, 4.69) is 10.2 Å². The molecule has 0 fully saturated rings. The van der Waals surface area contributed by atoms with Gasteiger partial charge in [-0.1, -0.05) is 12.1 Å². The quantitative estimate of drug-likeness (QED) is 0.363. The topological polar surface area (TPSA) is 34.0 Å². The summed E-state index contributed by atoms with van der Waals surface area (Å²) in [6, 6.07) is 27.7. The van der Waals surface area contributed by atoms with Gasteiger partial charge in [-0.2, -0.15) is 4.80 Å². The van der Waals surface area contributed by atoms with Crippen LogP contribution in [0.3, 0.4) is 0 Å². The summed E-state index contributed by atoms with van der Waals surface area (Å²) < 4.78 is 26.9. The molecule has 146 valence electrons. The monoisotopic (exact) mass is 398 g/mol. The van der Waals surface area contributed by atoms with Crippen LogP contribution in [-0.4, -0.2) is 15.0 Å². The third-order valence-corrected chi connectivity index (χ3v) is 4.80. The summed E-state index contributed by atoms with van der Waals surface area (Å²) in [6.45, 7) is 0. The fourth-order valence-corrected chi connectivity index (χ4v) is 3.34. The van der Waals surface area contributed by atoms with Gasteiger partial charge in [0, 0.05) is 17.1 Å². The molecule has 5 aromatic rings. The maximum Gasteiger partial charge on any atom is 0.123 e. The highest BCUT2D eigenvalue weighted by Crippen LogP contribution is 2.34. The first-order chi connectivity index (χ1) is 14.7. The van der Waals surface area contributed by atoms with Crippen molar-refractivity contribution in [3.63, 3.8) is 0 Å². The molecule has 0 saturated carbocycles. The second-order valence-corrected chi connectivity index (χ2v) is 6.78. The third kappa shape index (κ3) is 3.39. The van der Waals surface area contributed by atoms with Crippen molar-refractivity contribution in [2.24, 2.45) is 0 Å². The zero-order valence-electron chi connectivity index (χ0n) is 15.8. The van der Waals surface area contributed by atoms with Crippen LogP contribution in [0.25, 0.3) is 16.7 Å². The van der Waals surface area contributed by atoms with Gasteiger partial charge in [0.15, 0.2) is 0 Å². The van der Waals surface area contributed by atoms with E-state index in [1.807, 2.05) is 53.4 Å². The minimum atomic E-state index is -0.315. The van der Waals surface area contributed by atoms with Crippen molar-refractivity contribution in [1.82, 2.24) is 15.0 Å². The molecule has 0 spiro atoms. The maximum atomic E-state index is 13.5. The molecular formula is C24H16F2N4. The molecule has 0 radical (unpaired) electrons. The van der Waals surface area contributed by atoms with E-state index in [-0.39, 0.29) is 11.6 Å². The fourth-order valence-electron chi connectivity index (χ4n) is 3.34. The molecule has 0 unspecified atom stereocenters. The Balaban J connectivity index is 1.55. The van der Waals surface area contributed by atoms with Gasteiger partial charge in [-0.3, -0.25) is 0 Å². The van der Waals surface area contributed by atoms with Crippen LogP contribution in [0.1, 0.15) is 0 Å². The normalized spacial score (nSPS) is 11.0. The van der Waals surface area contributed by atoms with Gasteiger partial charge < -0.3 is 4.90 Å². The Bertz CT molecular complexity index is 1220. The standard InChI is InChI=1S/C24H16F2N4/c25-17-5-9-19(10-6-17)29(20-11-7-18(26)8-12-20)21-13-15-22(16-14-21)30-27-23-3-1-2-4-24(23)28-30/h1-16H. The Labute approximate surface area is 171 Å². The smallest absolute Gasteiger partial charge is 0.123 e. The first-order valence-corrected chi connectivity index (χ1v) is 9.41. The molecule has 0 aliphatic rings. The van der Waals surface area contributed by atoms with Crippen molar-refractivity contribution in [3.8, 4) is 5.69 Å². The van der Waals surface area contributed by atoms with Gasteiger partial charge in [-0.15, -0.1) is 10.2 Å². The lowest BCUT2D eigenvalue weighted by molar-refractivity contribution is 0.628. The van der Waals surface area contributed by atoms with Gasteiger partial charge >= 0.3 is 0 Å². The molecule has 4 aromatic carbocycles. The second-order valence-electron chi connectivity index (χ2n) is 6.78. The molecule has 6 heteroatoms. The number of benzene rings is 4. The molecule has 1 aromatic heterocycles. The Hall–Kier alpha value is -4.06. The van der Waals surface area contributed by atoms with Crippen LogP contribution in [0.4, 0.5) is 25.8 Å². The van der Waals surface area contributed by atoms with E-state index in [1.54, 1.807) is 29.1 Å². The van der Waals surface area contributed by atoms with E-state index in [0.29, 0.717) is 0 Å². The lowest BCUT2D eigenvalue weighted by atomic mass is 10.2. The highest BCUT2D eigenvalue weighted by molar-refractivity contribution is 5.77. The summed E-state index contributed by atoms with van der Waals surface area (Å²) >= 11 is 0. The molecule has 0 aliphatic carbocycles. The summed E-state index contributed by atoms with van der Waals surface area (Å²) in [7, 11) is 0. The molecule has 4 nitrogen and oxygen atoms in total. The van der Waals surface area contributed by atoms with Crippen LogP contribution in [0, 0.1) is 11.6 Å². The molecule has 0 aliphatic heterocycles. The molecule has 0 N–H and O–H groups in total. The Morgan fingerprint density at radius 1 is 0.533 bits per heavy atom. The van der Waals surface area contributed by atoms with Crippen LogP contribution >= 0.6 is 0 Å². The van der Waals surface area contributed by atoms with Gasteiger partial charge in [0.25, 0.3) is 0 Å². The Morgan fingerprint density at radius 3 is 1.37 bits per heavy atom. The number of fused-ring (bicyclic) bond motifs is 1. The Kier molecular flexibility index (Phi) is 4.44. The molecular weight excluding hydrogens is 382 g/mol. The summed E-state index contributed by atoms with van der Waals surface area (Å²) in [6.07, 6.45) is 0. The molecule has 0 atom stereocenters. The highest BCUT2D eigenvalue weighted by Gasteiger charge is 2.13. The second kappa shape index (κ2) is 7.40. The first kappa shape index (κ1) is 18.0. The van der Waals surface area contributed by atoms with Gasteiger partial charge in [0.2, 0.25) is 0 Å². The maximum absolute atomic E-state index is 13.5. The van der Waals surface area contributed by atoms with E-state index < -0.39 is 0 Å². The van der Waals surface area contributed by atoms with Crippen molar-refractivity contribution in [2.75, 3.05) is 4.90 Å². The lowest BCUT2D eigenvalue weighted by Crippen LogP contribution is -2.10. The summed E-state index contributed by atoms with van der Waals surface area (Å²) in [5.74, 6) is -0.630. The molecule has 30 heavy (non-hydrogen) atoms. The van der Waals surface area contributed by atoms with Crippen molar-refractivity contribution in [2.45, 2.75) is 0 Å². The minimum absolute atomic E-state index is 0.315. The summed E-state index contributed by atoms with van der Waals surface area (Å²) in [5, 5.41) is 9.00. The zero-order chi connectivity index (χ0) is 20.5. The number of halogens is 2. The van der Waals surface area contributed by atoms with Gasteiger partial charge in [-0.05, 0) is 84.9 Å². The van der Waals surface area contributed by atoms with E-state index in [0.717, 1.165) is 33.8 Å². The number of rotatable bonds is 4. The number of anilines is 3. The zero-order valence-corrected chi connectivity index (χ0v) is 15.8. The van der Waals surface area contributed by atoms with Crippen LogP contribution < -0.4 is 4.90 Å². The SMILES string of the molecule is Fc1ccc(N(c2ccc(F)cc2)c2ccc(-n3nc4ccccc4n3)cc2)cc1. The highest BCUT2D eigenvalue weighted by atomic mass is 19.1. The predicted octanol–water partition coefficient (Wildman–Crippen LogP) is 6.17.